The average molecular weight is 352 g/mol. The van der Waals surface area contributed by atoms with Crippen molar-refractivity contribution < 1.29 is 9.05 Å². The lowest BCUT2D eigenvalue weighted by atomic mass is 10.5. The molecule has 2 saturated heterocycles. The minimum atomic E-state index is -2.78. The van der Waals surface area contributed by atoms with Crippen LogP contribution >= 0.6 is 43.6 Å². The first kappa shape index (κ1) is 14.1. The molecule has 0 radical (unpaired) electrons. The number of nitrogens with zero attached hydrogens (tertiary/aromatic N) is 4. The molecule has 12 heteroatoms. The van der Waals surface area contributed by atoms with Crippen molar-refractivity contribution in [1.29, 1.82) is 0 Å². The maximum atomic E-state index is 6.24. The Hall–Kier alpha value is 1.11. The van der Waals surface area contributed by atoms with Crippen LogP contribution in [0.25, 0.3) is 0 Å². The van der Waals surface area contributed by atoms with Gasteiger partial charge in [-0.2, -0.15) is 13.5 Å². The van der Waals surface area contributed by atoms with Crippen molar-refractivity contribution in [3.63, 3.8) is 0 Å². The van der Waals surface area contributed by atoms with Crippen LogP contribution < -0.4 is 5.09 Å². The summed E-state index contributed by atoms with van der Waals surface area (Å²) >= 11 is 12.5. The number of rotatable bonds is 0. The van der Waals surface area contributed by atoms with Crippen LogP contribution in [0.5, 0.6) is 0 Å². The highest BCUT2D eigenvalue weighted by atomic mass is 35.9. The van der Waals surface area contributed by atoms with E-state index in [0.717, 1.165) is 19.5 Å². The molecule has 0 saturated carbocycles. The molecule has 18 heavy (non-hydrogen) atoms. The molecule has 2 fully saturated rings. The first-order valence-corrected chi connectivity index (χ1v) is 12.2. The molecule has 3 aliphatic heterocycles. The van der Waals surface area contributed by atoms with E-state index in [9.17, 15) is 0 Å². The molecule has 2 spiro atoms. The quantitative estimate of drug-likeness (QED) is 0.661. The van der Waals surface area contributed by atoms with Crippen LogP contribution in [0.1, 0.15) is 6.42 Å². The fourth-order valence-electron chi connectivity index (χ4n) is 1.86. The molecule has 0 amide bonds. The van der Waals surface area contributed by atoms with E-state index in [1.807, 2.05) is 11.7 Å². The van der Waals surface area contributed by atoms with E-state index in [-0.39, 0.29) is 0 Å². The van der Waals surface area contributed by atoms with Crippen molar-refractivity contribution in [2.24, 2.45) is 13.5 Å². The van der Waals surface area contributed by atoms with Crippen LogP contribution in [0.4, 0.5) is 0 Å². The zero-order valence-electron chi connectivity index (χ0n) is 9.74. The smallest absolute Gasteiger partial charge is 0.282 e. The van der Waals surface area contributed by atoms with Gasteiger partial charge in [0.2, 0.25) is 0 Å². The predicted molar refractivity (Wildman–Crippen MR) is 76.9 cm³/mol. The normalized spacial score (nSPS) is 43.5. The van der Waals surface area contributed by atoms with E-state index in [4.69, 9.17) is 36.0 Å². The molecule has 2 unspecified atom stereocenters. The molecule has 104 valence electrons. The third kappa shape index (κ3) is 2.50. The molecule has 0 bridgehead atoms. The van der Waals surface area contributed by atoms with E-state index in [0.29, 0.717) is 13.2 Å². The first-order valence-electron chi connectivity index (χ1n) is 5.52. The summed E-state index contributed by atoms with van der Waals surface area (Å²) in [4.78, 5) is 0. The lowest BCUT2D eigenvalue weighted by Gasteiger charge is -2.33. The molecule has 3 rings (SSSR count). The highest BCUT2D eigenvalue weighted by Gasteiger charge is 2.43. The fraction of sp³-hybridized carbons (Fsp3) is 1.00. The SMILES string of the molecule is CN1CCOP12=NP(Cl)(Cl)=NP1(=N2)NCCCO1. The second-order valence-electron chi connectivity index (χ2n) is 4.09. The lowest BCUT2D eigenvalue weighted by molar-refractivity contribution is 0.310. The van der Waals surface area contributed by atoms with Gasteiger partial charge in [0.05, 0.1) is 13.2 Å². The Bertz CT molecular complexity index is 521. The molecule has 0 aromatic rings. The van der Waals surface area contributed by atoms with E-state index >= 15 is 0 Å². The molecule has 7 nitrogen and oxygen atoms in total. The van der Waals surface area contributed by atoms with Crippen molar-refractivity contribution in [2.75, 3.05) is 33.4 Å². The van der Waals surface area contributed by atoms with E-state index in [1.165, 1.54) is 0 Å². The minimum Gasteiger partial charge on any atom is -0.316 e. The monoisotopic (exact) mass is 351 g/mol. The Morgan fingerprint density at radius 2 is 2.00 bits per heavy atom. The van der Waals surface area contributed by atoms with Gasteiger partial charge in [-0.05, 0) is 36.0 Å². The van der Waals surface area contributed by atoms with Crippen molar-refractivity contribution in [1.82, 2.24) is 9.76 Å². The maximum Gasteiger partial charge on any atom is 0.282 e. The standard InChI is InChI=1S/C6H14Cl2N5O2P3/c1-13-4-6-15-18(13)11-16(7,8)10-17(12-18)9-3-2-5-14-17/h9H,2-6H2,1H3. The third-order valence-electron chi connectivity index (χ3n) is 2.73. The first-order chi connectivity index (χ1) is 8.46. The highest BCUT2D eigenvalue weighted by molar-refractivity contribution is 8.13. The van der Waals surface area contributed by atoms with Gasteiger partial charge in [0.25, 0.3) is 21.1 Å². The molecule has 1 N–H and O–H groups in total. The van der Waals surface area contributed by atoms with Gasteiger partial charge < -0.3 is 9.05 Å². The van der Waals surface area contributed by atoms with Crippen LogP contribution in [0, 0.1) is 0 Å². The second kappa shape index (κ2) is 4.84. The lowest BCUT2D eigenvalue weighted by Crippen LogP contribution is -2.21. The summed E-state index contributed by atoms with van der Waals surface area (Å²) < 4.78 is 27.0. The van der Waals surface area contributed by atoms with Crippen LogP contribution in [0.3, 0.4) is 0 Å². The molecular formula is C6H14Cl2N5O2P3. The van der Waals surface area contributed by atoms with Gasteiger partial charge in [0.15, 0.2) is 0 Å². The number of halogens is 2. The van der Waals surface area contributed by atoms with Gasteiger partial charge in [0.1, 0.15) is 0 Å². The number of hydrogen-bond acceptors (Lipinski definition) is 7. The van der Waals surface area contributed by atoms with E-state index < -0.39 is 21.1 Å². The second-order valence-corrected chi connectivity index (χ2v) is 14.1. The average Bonchev–Trinajstić information content (AvgIpc) is 2.57. The number of likely N-dealkylation sites (N-methyl/N-ethyl adjacent to an activating group) is 1. The summed E-state index contributed by atoms with van der Waals surface area (Å²) in [5.41, 5.74) is 0. The molecule has 0 aromatic carbocycles. The minimum absolute atomic E-state index is 0.588. The van der Waals surface area contributed by atoms with Gasteiger partial charge in [0, 0.05) is 13.1 Å². The zero-order valence-corrected chi connectivity index (χ0v) is 13.9. The number of nitrogens with one attached hydrogen (secondary N) is 1. The van der Waals surface area contributed by atoms with Crippen molar-refractivity contribution in [3.8, 4) is 0 Å². The van der Waals surface area contributed by atoms with Crippen molar-refractivity contribution >= 4 is 43.6 Å². The molecular weight excluding hydrogens is 338 g/mol. The molecule has 0 aliphatic carbocycles. The summed E-state index contributed by atoms with van der Waals surface area (Å²) in [5, 5.41) is 3.24. The molecule has 3 heterocycles. The summed E-state index contributed by atoms with van der Waals surface area (Å²) in [6.45, 7) is 2.78. The van der Waals surface area contributed by atoms with Gasteiger partial charge in [-0.25, -0.2) is 9.76 Å². The van der Waals surface area contributed by atoms with Crippen LogP contribution in [0.2, 0.25) is 0 Å². The molecule has 3 aliphatic rings. The Balaban J connectivity index is 2.17. The molecule has 2 atom stereocenters. The maximum absolute atomic E-state index is 6.24. The van der Waals surface area contributed by atoms with Crippen LogP contribution in [-0.2, 0) is 9.05 Å². The zero-order chi connectivity index (χ0) is 12.9. The van der Waals surface area contributed by atoms with E-state index in [2.05, 4.69) is 14.1 Å². The van der Waals surface area contributed by atoms with Crippen LogP contribution in [-0.4, -0.2) is 38.0 Å². The topological polar surface area (TPSA) is 70.8 Å². The Morgan fingerprint density at radius 1 is 1.17 bits per heavy atom. The van der Waals surface area contributed by atoms with Crippen molar-refractivity contribution in [2.45, 2.75) is 6.42 Å². The summed E-state index contributed by atoms with van der Waals surface area (Å²) in [6.07, 6.45) is 0.933. The predicted octanol–water partition coefficient (Wildman–Crippen LogP) is 4.29. The Labute approximate surface area is 116 Å². The van der Waals surface area contributed by atoms with Crippen LogP contribution in [0.15, 0.2) is 13.5 Å². The van der Waals surface area contributed by atoms with Gasteiger partial charge >= 0.3 is 0 Å². The summed E-state index contributed by atoms with van der Waals surface area (Å²) in [6, 6.07) is 0. The molecule has 0 aromatic heterocycles. The van der Waals surface area contributed by atoms with Crippen molar-refractivity contribution in [3.05, 3.63) is 0 Å². The van der Waals surface area contributed by atoms with Gasteiger partial charge in [-0.3, -0.25) is 0 Å². The highest BCUT2D eigenvalue weighted by Crippen LogP contribution is 2.83. The summed E-state index contributed by atoms with van der Waals surface area (Å²) in [7, 11) is -3.01. The number of hydrogen-bond donors (Lipinski definition) is 1. The largest absolute Gasteiger partial charge is 0.316 e. The fourth-order valence-corrected chi connectivity index (χ4v) is 14.3. The Kier molecular flexibility index (Phi) is 3.78. The summed E-state index contributed by atoms with van der Waals surface area (Å²) in [5.74, 6) is -2.78. The van der Waals surface area contributed by atoms with Gasteiger partial charge in [-0.15, -0.1) is 0 Å². The van der Waals surface area contributed by atoms with E-state index in [1.54, 1.807) is 0 Å². The van der Waals surface area contributed by atoms with Gasteiger partial charge in [-0.1, -0.05) is 0 Å². The Morgan fingerprint density at radius 3 is 2.61 bits per heavy atom. The third-order valence-corrected chi connectivity index (χ3v) is 13.5.